The molecule has 0 amide bonds. The Hall–Kier alpha value is -3.32. The Bertz CT molecular complexity index is 938. The largest absolute Gasteiger partial charge is 0.314 e. The number of rotatable bonds is 4. The molecule has 132 valence electrons. The van der Waals surface area contributed by atoms with Crippen molar-refractivity contribution in [3.8, 4) is 0 Å². The molecule has 27 heavy (non-hydrogen) atoms. The summed E-state index contributed by atoms with van der Waals surface area (Å²) in [5, 5.41) is 0. The Morgan fingerprint density at radius 3 is 1.85 bits per heavy atom. The lowest BCUT2D eigenvalue weighted by Gasteiger charge is -2.27. The molecule has 0 unspecified atom stereocenters. The third-order valence-corrected chi connectivity index (χ3v) is 4.78. The normalized spacial score (nSPS) is 13.5. The van der Waals surface area contributed by atoms with Crippen molar-refractivity contribution in [2.24, 2.45) is 0 Å². The average Bonchev–Trinajstić information content (AvgIpc) is 2.97. The number of aryl methyl sites for hydroxylation is 1. The Kier molecular flexibility index (Phi) is 5.02. The zero-order chi connectivity index (χ0) is 18.5. The van der Waals surface area contributed by atoms with Crippen molar-refractivity contribution >= 4 is 16.9 Å². The first kappa shape index (κ1) is 17.1. The molecule has 1 aliphatic rings. The van der Waals surface area contributed by atoms with Crippen molar-refractivity contribution in [3.63, 3.8) is 0 Å². The number of hydrogen-bond donors (Lipinski definition) is 0. The molecule has 3 aromatic rings. The second-order valence-electron chi connectivity index (χ2n) is 6.76. The maximum absolute atomic E-state index is 2.33. The Morgan fingerprint density at radius 1 is 0.667 bits per heavy atom. The maximum atomic E-state index is 2.33. The van der Waals surface area contributed by atoms with Gasteiger partial charge in [0.25, 0.3) is 0 Å². The van der Waals surface area contributed by atoms with Gasteiger partial charge in [0.2, 0.25) is 0 Å². The third-order valence-electron chi connectivity index (χ3n) is 4.78. The van der Waals surface area contributed by atoms with E-state index in [1.807, 2.05) is 0 Å². The first-order valence-corrected chi connectivity index (χ1v) is 9.36. The topological polar surface area (TPSA) is 3.24 Å². The van der Waals surface area contributed by atoms with E-state index >= 15 is 0 Å². The van der Waals surface area contributed by atoms with E-state index in [1.54, 1.807) is 0 Å². The van der Waals surface area contributed by atoms with Gasteiger partial charge in [0, 0.05) is 23.5 Å². The van der Waals surface area contributed by atoms with Crippen molar-refractivity contribution in [2.45, 2.75) is 13.3 Å². The fourth-order valence-corrected chi connectivity index (χ4v) is 3.36. The van der Waals surface area contributed by atoms with E-state index < -0.39 is 0 Å². The van der Waals surface area contributed by atoms with Crippen LogP contribution in [0.2, 0.25) is 0 Å². The van der Waals surface area contributed by atoms with Gasteiger partial charge in [0.1, 0.15) is 0 Å². The number of hydrogen-bond acceptors (Lipinski definition) is 1. The van der Waals surface area contributed by atoms with Crippen molar-refractivity contribution in [2.75, 3.05) is 4.90 Å². The first-order valence-electron chi connectivity index (χ1n) is 9.36. The summed E-state index contributed by atoms with van der Waals surface area (Å²) < 4.78 is 0. The summed E-state index contributed by atoms with van der Waals surface area (Å²) in [6.07, 6.45) is 9.83. The van der Waals surface area contributed by atoms with E-state index in [9.17, 15) is 0 Å². The average molecular weight is 349 g/mol. The molecule has 0 radical (unpaired) electrons. The van der Waals surface area contributed by atoms with E-state index in [0.717, 1.165) is 6.42 Å². The molecule has 0 bridgehead atoms. The zero-order valence-electron chi connectivity index (χ0n) is 15.5. The van der Waals surface area contributed by atoms with Gasteiger partial charge in [0.15, 0.2) is 0 Å². The van der Waals surface area contributed by atoms with Crippen LogP contribution in [0.25, 0.3) is 5.57 Å². The lowest BCUT2D eigenvalue weighted by molar-refractivity contribution is 1.08. The Morgan fingerprint density at radius 2 is 1.26 bits per heavy atom. The van der Waals surface area contributed by atoms with Crippen LogP contribution in [0.15, 0.2) is 115 Å². The molecule has 0 heterocycles. The predicted molar refractivity (Wildman–Crippen MR) is 116 cm³/mol. The van der Waals surface area contributed by atoms with Gasteiger partial charge in [0.05, 0.1) is 0 Å². The minimum absolute atomic E-state index is 0.885. The minimum atomic E-state index is 0.885. The van der Waals surface area contributed by atoms with Crippen LogP contribution in [0.3, 0.4) is 0 Å². The number of para-hydroxylation sites is 2. The summed E-state index contributed by atoms with van der Waals surface area (Å²) in [7, 11) is 0. The highest BCUT2D eigenvalue weighted by molar-refractivity contribution is 5.77. The third kappa shape index (κ3) is 3.93. The zero-order valence-corrected chi connectivity index (χ0v) is 15.5. The fourth-order valence-electron chi connectivity index (χ4n) is 3.36. The standard InChI is InChI=1S/C26H23N/c1-21-15-17-23(18-16-21)22-9-8-14-26(20-19-22)27(24-10-4-2-5-11-24)25-12-6-3-7-13-25/h2-13,15-20H,14H2,1H3. The van der Waals surface area contributed by atoms with Crippen LogP contribution in [-0.2, 0) is 0 Å². The molecule has 4 rings (SSSR count). The van der Waals surface area contributed by atoms with E-state index in [2.05, 4.69) is 121 Å². The summed E-state index contributed by atoms with van der Waals surface area (Å²) in [6, 6.07) is 29.8. The minimum Gasteiger partial charge on any atom is -0.314 e. The first-order chi connectivity index (χ1) is 13.3. The van der Waals surface area contributed by atoms with Gasteiger partial charge in [-0.15, -0.1) is 0 Å². The molecular formula is C26H23N. The number of nitrogens with zero attached hydrogens (tertiary/aromatic N) is 1. The van der Waals surface area contributed by atoms with Crippen molar-refractivity contribution < 1.29 is 0 Å². The Balaban J connectivity index is 1.74. The second kappa shape index (κ2) is 7.92. The smallest absolute Gasteiger partial charge is 0.0458 e. The predicted octanol–water partition coefficient (Wildman–Crippen LogP) is 7.06. The molecule has 0 fully saturated rings. The molecule has 0 N–H and O–H groups in total. The van der Waals surface area contributed by atoms with Crippen molar-refractivity contribution in [1.82, 2.24) is 0 Å². The summed E-state index contributed by atoms with van der Waals surface area (Å²) in [5.74, 6) is 0. The highest BCUT2D eigenvalue weighted by atomic mass is 15.1. The molecule has 0 saturated carbocycles. The number of anilines is 2. The van der Waals surface area contributed by atoms with Gasteiger partial charge in [-0.05, 0) is 48.4 Å². The summed E-state index contributed by atoms with van der Waals surface area (Å²) in [5.41, 5.74) is 7.38. The van der Waals surface area contributed by atoms with Gasteiger partial charge in [-0.25, -0.2) is 0 Å². The highest BCUT2D eigenvalue weighted by Gasteiger charge is 2.14. The molecule has 1 heteroatoms. The van der Waals surface area contributed by atoms with E-state index in [0.29, 0.717) is 0 Å². The molecule has 0 aromatic heterocycles. The summed E-state index contributed by atoms with van der Waals surface area (Å²) >= 11 is 0. The van der Waals surface area contributed by atoms with E-state index in [-0.39, 0.29) is 0 Å². The van der Waals surface area contributed by atoms with Crippen LogP contribution in [-0.4, -0.2) is 0 Å². The van der Waals surface area contributed by atoms with Gasteiger partial charge in [-0.2, -0.15) is 0 Å². The van der Waals surface area contributed by atoms with E-state index in [4.69, 9.17) is 0 Å². The molecule has 3 aromatic carbocycles. The summed E-state index contributed by atoms with van der Waals surface area (Å²) in [4.78, 5) is 2.33. The number of benzene rings is 3. The van der Waals surface area contributed by atoms with Crippen LogP contribution < -0.4 is 4.90 Å². The highest BCUT2D eigenvalue weighted by Crippen LogP contribution is 2.32. The Labute approximate surface area is 161 Å². The molecular weight excluding hydrogens is 326 g/mol. The van der Waals surface area contributed by atoms with Gasteiger partial charge in [-0.1, -0.05) is 84.5 Å². The fraction of sp³-hybridized carbons (Fsp3) is 0.0769. The lowest BCUT2D eigenvalue weighted by Crippen LogP contribution is -2.15. The van der Waals surface area contributed by atoms with E-state index in [1.165, 1.54) is 33.8 Å². The molecule has 0 saturated heterocycles. The quantitative estimate of drug-likeness (QED) is 0.487. The summed E-state index contributed by atoms with van der Waals surface area (Å²) in [6.45, 7) is 2.12. The molecule has 1 aliphatic carbocycles. The van der Waals surface area contributed by atoms with Crippen LogP contribution in [0.4, 0.5) is 11.4 Å². The molecule has 0 atom stereocenters. The molecule has 0 spiro atoms. The van der Waals surface area contributed by atoms with Gasteiger partial charge in [-0.3, -0.25) is 0 Å². The van der Waals surface area contributed by atoms with Gasteiger partial charge >= 0.3 is 0 Å². The van der Waals surface area contributed by atoms with Crippen LogP contribution in [0, 0.1) is 6.92 Å². The molecule has 0 aliphatic heterocycles. The monoisotopic (exact) mass is 349 g/mol. The second-order valence-corrected chi connectivity index (χ2v) is 6.76. The maximum Gasteiger partial charge on any atom is 0.0458 e. The van der Waals surface area contributed by atoms with Crippen molar-refractivity contribution in [3.05, 3.63) is 126 Å². The SMILES string of the molecule is Cc1ccc(C2=CC=C(N(c3ccccc3)c3ccccc3)CC=C2)cc1. The van der Waals surface area contributed by atoms with Crippen LogP contribution in [0.1, 0.15) is 17.5 Å². The lowest BCUT2D eigenvalue weighted by atomic mass is 10.0. The van der Waals surface area contributed by atoms with Crippen molar-refractivity contribution in [1.29, 1.82) is 0 Å². The van der Waals surface area contributed by atoms with Gasteiger partial charge < -0.3 is 4.90 Å². The van der Waals surface area contributed by atoms with Crippen LogP contribution >= 0.6 is 0 Å². The van der Waals surface area contributed by atoms with Crippen LogP contribution in [0.5, 0.6) is 0 Å². The molecule has 1 nitrogen and oxygen atoms in total. The number of allylic oxidation sites excluding steroid dienone is 5.